The Hall–Kier alpha value is -1.94. The number of nitrogens with two attached hydrogens (primary N) is 1. The summed E-state index contributed by atoms with van der Waals surface area (Å²) in [5, 5.41) is 0. The van der Waals surface area contributed by atoms with Crippen molar-refractivity contribution in [2.24, 2.45) is 5.73 Å². The molecule has 1 atom stereocenters. The number of pyridine rings is 1. The van der Waals surface area contributed by atoms with E-state index in [1.807, 2.05) is 19.9 Å². The van der Waals surface area contributed by atoms with E-state index in [1.54, 1.807) is 24.5 Å². The van der Waals surface area contributed by atoms with Gasteiger partial charge in [0.15, 0.2) is 0 Å². The summed E-state index contributed by atoms with van der Waals surface area (Å²) in [5.41, 5.74) is 8.08. The van der Waals surface area contributed by atoms with E-state index in [2.05, 4.69) is 4.98 Å². The molecule has 0 radical (unpaired) electrons. The van der Waals surface area contributed by atoms with Gasteiger partial charge >= 0.3 is 0 Å². The van der Waals surface area contributed by atoms with Crippen LogP contribution in [0.25, 0.3) is 0 Å². The number of rotatable bonds is 5. The summed E-state index contributed by atoms with van der Waals surface area (Å²) in [4.78, 5) is 4.15. The van der Waals surface area contributed by atoms with Gasteiger partial charge in [-0.25, -0.2) is 4.39 Å². The first-order chi connectivity index (χ1) is 9.54. The summed E-state index contributed by atoms with van der Waals surface area (Å²) >= 11 is 0. The molecule has 20 heavy (non-hydrogen) atoms. The maximum Gasteiger partial charge on any atom is 0.138 e. The molecule has 0 saturated carbocycles. The molecule has 2 N–H and O–H groups in total. The van der Waals surface area contributed by atoms with Crippen LogP contribution in [0.2, 0.25) is 0 Å². The van der Waals surface area contributed by atoms with E-state index in [-0.39, 0.29) is 18.0 Å². The number of benzene rings is 1. The fraction of sp³-hybridized carbons (Fsp3) is 0.312. The van der Waals surface area contributed by atoms with Crippen molar-refractivity contribution >= 4 is 0 Å². The highest BCUT2D eigenvalue weighted by molar-refractivity contribution is 5.28. The molecule has 0 saturated heterocycles. The standard InChI is InChI=1S/C16H19FN2O/c1-11(2)20-15-8-13(9-19-10-15)16(18)7-12-3-5-14(17)6-4-12/h3-6,8-11,16H,7,18H2,1-2H3. The van der Waals surface area contributed by atoms with Gasteiger partial charge < -0.3 is 10.5 Å². The third-order valence-electron chi connectivity index (χ3n) is 2.90. The molecular formula is C16H19FN2O. The Morgan fingerprint density at radius 3 is 2.55 bits per heavy atom. The zero-order valence-electron chi connectivity index (χ0n) is 11.7. The Kier molecular flexibility index (Phi) is 4.69. The molecule has 0 fully saturated rings. The smallest absolute Gasteiger partial charge is 0.138 e. The second kappa shape index (κ2) is 6.48. The molecule has 0 aliphatic rings. The van der Waals surface area contributed by atoms with Crippen LogP contribution in [0.15, 0.2) is 42.7 Å². The van der Waals surface area contributed by atoms with E-state index in [1.165, 1.54) is 12.1 Å². The Morgan fingerprint density at radius 2 is 1.90 bits per heavy atom. The fourth-order valence-corrected chi connectivity index (χ4v) is 1.97. The van der Waals surface area contributed by atoms with Crippen LogP contribution < -0.4 is 10.5 Å². The number of aromatic nitrogens is 1. The Morgan fingerprint density at radius 1 is 1.20 bits per heavy atom. The van der Waals surface area contributed by atoms with E-state index in [0.29, 0.717) is 12.2 Å². The molecule has 1 aromatic heterocycles. The molecule has 1 unspecified atom stereocenters. The van der Waals surface area contributed by atoms with Crippen LogP contribution in [0.5, 0.6) is 5.75 Å². The van der Waals surface area contributed by atoms with Crippen molar-refractivity contribution in [3.8, 4) is 5.75 Å². The minimum Gasteiger partial charge on any atom is -0.489 e. The predicted molar refractivity (Wildman–Crippen MR) is 77.0 cm³/mol. The highest BCUT2D eigenvalue weighted by atomic mass is 19.1. The van der Waals surface area contributed by atoms with Crippen molar-refractivity contribution in [1.82, 2.24) is 4.98 Å². The summed E-state index contributed by atoms with van der Waals surface area (Å²) in [7, 11) is 0. The summed E-state index contributed by atoms with van der Waals surface area (Å²) in [6.07, 6.45) is 4.14. The van der Waals surface area contributed by atoms with Crippen molar-refractivity contribution in [3.05, 3.63) is 59.7 Å². The molecule has 0 amide bonds. The number of hydrogen-bond acceptors (Lipinski definition) is 3. The van der Waals surface area contributed by atoms with Gasteiger partial charge in [-0.1, -0.05) is 12.1 Å². The lowest BCUT2D eigenvalue weighted by molar-refractivity contribution is 0.241. The second-order valence-electron chi connectivity index (χ2n) is 5.06. The highest BCUT2D eigenvalue weighted by Gasteiger charge is 2.09. The first-order valence-corrected chi connectivity index (χ1v) is 6.66. The molecule has 0 spiro atoms. The van der Waals surface area contributed by atoms with Gasteiger partial charge in [-0.2, -0.15) is 0 Å². The Balaban J connectivity index is 2.08. The van der Waals surface area contributed by atoms with Crippen molar-refractivity contribution in [2.75, 3.05) is 0 Å². The van der Waals surface area contributed by atoms with Crippen LogP contribution in [0.3, 0.4) is 0 Å². The molecule has 1 aromatic carbocycles. The average Bonchev–Trinajstić information content (AvgIpc) is 2.41. The van der Waals surface area contributed by atoms with Crippen LogP contribution >= 0.6 is 0 Å². The number of hydrogen-bond donors (Lipinski definition) is 1. The van der Waals surface area contributed by atoms with Crippen LogP contribution in [0.1, 0.15) is 31.0 Å². The molecule has 1 heterocycles. The number of ether oxygens (including phenoxy) is 1. The molecule has 106 valence electrons. The zero-order valence-corrected chi connectivity index (χ0v) is 11.7. The molecule has 3 nitrogen and oxygen atoms in total. The van der Waals surface area contributed by atoms with Gasteiger partial charge in [0.1, 0.15) is 11.6 Å². The van der Waals surface area contributed by atoms with Crippen LogP contribution in [-0.2, 0) is 6.42 Å². The van der Waals surface area contributed by atoms with Gasteiger partial charge in [0.05, 0.1) is 12.3 Å². The van der Waals surface area contributed by atoms with Crippen molar-refractivity contribution < 1.29 is 9.13 Å². The van der Waals surface area contributed by atoms with Crippen molar-refractivity contribution in [2.45, 2.75) is 32.4 Å². The topological polar surface area (TPSA) is 48.1 Å². The Bertz CT molecular complexity index is 555. The number of nitrogens with zero attached hydrogens (tertiary/aromatic N) is 1. The summed E-state index contributed by atoms with van der Waals surface area (Å²) in [5.74, 6) is 0.475. The molecule has 2 rings (SSSR count). The lowest BCUT2D eigenvalue weighted by atomic mass is 10.0. The minimum absolute atomic E-state index is 0.0976. The third-order valence-corrected chi connectivity index (χ3v) is 2.90. The van der Waals surface area contributed by atoms with E-state index in [9.17, 15) is 4.39 Å². The van der Waals surface area contributed by atoms with E-state index in [0.717, 1.165) is 11.1 Å². The fourth-order valence-electron chi connectivity index (χ4n) is 1.97. The molecule has 2 aromatic rings. The van der Waals surface area contributed by atoms with Crippen LogP contribution in [0, 0.1) is 5.82 Å². The first kappa shape index (κ1) is 14.5. The van der Waals surface area contributed by atoms with Crippen LogP contribution in [0.4, 0.5) is 4.39 Å². The monoisotopic (exact) mass is 274 g/mol. The second-order valence-corrected chi connectivity index (χ2v) is 5.06. The molecular weight excluding hydrogens is 255 g/mol. The normalized spacial score (nSPS) is 12.4. The van der Waals surface area contributed by atoms with E-state index in [4.69, 9.17) is 10.5 Å². The highest BCUT2D eigenvalue weighted by Crippen LogP contribution is 2.20. The maximum absolute atomic E-state index is 12.9. The van der Waals surface area contributed by atoms with Gasteiger partial charge in [-0.15, -0.1) is 0 Å². The third kappa shape index (κ3) is 4.03. The van der Waals surface area contributed by atoms with E-state index < -0.39 is 0 Å². The SMILES string of the molecule is CC(C)Oc1cncc(C(N)Cc2ccc(F)cc2)c1. The Labute approximate surface area is 118 Å². The molecule has 0 aliphatic carbocycles. The quantitative estimate of drug-likeness (QED) is 0.910. The van der Waals surface area contributed by atoms with Gasteiger partial charge in [-0.05, 0) is 49.6 Å². The summed E-state index contributed by atoms with van der Waals surface area (Å²) in [6, 6.07) is 8.09. The van der Waals surface area contributed by atoms with Crippen molar-refractivity contribution in [3.63, 3.8) is 0 Å². The summed E-state index contributed by atoms with van der Waals surface area (Å²) < 4.78 is 18.5. The summed E-state index contributed by atoms with van der Waals surface area (Å²) in [6.45, 7) is 3.93. The largest absolute Gasteiger partial charge is 0.489 e. The lowest BCUT2D eigenvalue weighted by Crippen LogP contribution is -2.14. The minimum atomic E-state index is -0.240. The molecule has 4 heteroatoms. The van der Waals surface area contributed by atoms with Gasteiger partial charge in [0.25, 0.3) is 0 Å². The molecule has 0 bridgehead atoms. The average molecular weight is 274 g/mol. The molecule has 0 aliphatic heterocycles. The van der Waals surface area contributed by atoms with Gasteiger partial charge in [0.2, 0.25) is 0 Å². The first-order valence-electron chi connectivity index (χ1n) is 6.66. The van der Waals surface area contributed by atoms with Gasteiger partial charge in [-0.3, -0.25) is 4.98 Å². The van der Waals surface area contributed by atoms with Crippen molar-refractivity contribution in [1.29, 1.82) is 0 Å². The lowest BCUT2D eigenvalue weighted by Gasteiger charge is -2.14. The number of halogens is 1. The van der Waals surface area contributed by atoms with Gasteiger partial charge in [0, 0.05) is 12.2 Å². The van der Waals surface area contributed by atoms with E-state index >= 15 is 0 Å². The zero-order chi connectivity index (χ0) is 14.5. The van der Waals surface area contributed by atoms with Crippen LogP contribution in [-0.4, -0.2) is 11.1 Å². The predicted octanol–water partition coefficient (Wildman–Crippen LogP) is 3.25. The maximum atomic E-state index is 12.9.